The van der Waals surface area contributed by atoms with Crippen LogP contribution in [0.25, 0.3) is 10.8 Å². The molecule has 0 bridgehead atoms. The van der Waals surface area contributed by atoms with Crippen LogP contribution < -0.4 is 4.90 Å². The Labute approximate surface area is 113 Å². The third kappa shape index (κ3) is 2.17. The lowest BCUT2D eigenvalue weighted by Crippen LogP contribution is -2.17. The summed E-state index contributed by atoms with van der Waals surface area (Å²) in [5.41, 5.74) is 1.21. The van der Waals surface area contributed by atoms with E-state index in [1.807, 2.05) is 24.4 Å². The second kappa shape index (κ2) is 5.11. The maximum atomic E-state index is 4.46. The van der Waals surface area contributed by atoms with Gasteiger partial charge in [0.25, 0.3) is 0 Å². The van der Waals surface area contributed by atoms with Gasteiger partial charge in [-0.1, -0.05) is 42.5 Å². The van der Waals surface area contributed by atoms with Crippen molar-refractivity contribution in [3.63, 3.8) is 0 Å². The van der Waals surface area contributed by atoms with Crippen LogP contribution in [-0.2, 0) is 0 Å². The second-order valence-corrected chi connectivity index (χ2v) is 4.43. The molecule has 1 heterocycles. The van der Waals surface area contributed by atoms with E-state index in [1.54, 1.807) is 0 Å². The maximum Gasteiger partial charge on any atom is 0.132 e. The third-order valence-electron chi connectivity index (χ3n) is 3.30. The predicted octanol–water partition coefficient (Wildman–Crippen LogP) is 4.39. The number of anilines is 2. The van der Waals surface area contributed by atoms with Crippen LogP contribution in [0.1, 0.15) is 6.92 Å². The molecule has 3 rings (SSSR count). The molecule has 0 spiro atoms. The zero-order valence-corrected chi connectivity index (χ0v) is 11.0. The summed E-state index contributed by atoms with van der Waals surface area (Å²) in [5.74, 6) is 0.987. The molecular formula is C17H16N2. The number of fused-ring (bicyclic) bond motifs is 1. The fourth-order valence-corrected chi connectivity index (χ4v) is 2.41. The van der Waals surface area contributed by atoms with E-state index in [2.05, 4.69) is 59.3 Å². The van der Waals surface area contributed by atoms with Crippen LogP contribution in [0.2, 0.25) is 0 Å². The minimum Gasteiger partial charge on any atom is -0.326 e. The standard InChI is InChI=1S/C17H16N2/c1-2-19(17-12-5-6-13-18-17)16-11-7-9-14-8-3-4-10-15(14)16/h3-13H,2H2,1H3. The minimum atomic E-state index is 0.894. The van der Waals surface area contributed by atoms with Crippen LogP contribution >= 0.6 is 0 Å². The molecule has 2 aromatic carbocycles. The van der Waals surface area contributed by atoms with Crippen molar-refractivity contribution in [2.75, 3.05) is 11.4 Å². The molecule has 3 aromatic rings. The fraction of sp³-hybridized carbons (Fsp3) is 0.118. The van der Waals surface area contributed by atoms with Gasteiger partial charge in [-0.3, -0.25) is 0 Å². The Morgan fingerprint density at radius 3 is 2.47 bits per heavy atom. The lowest BCUT2D eigenvalue weighted by Gasteiger charge is -2.23. The van der Waals surface area contributed by atoms with E-state index in [4.69, 9.17) is 0 Å². The third-order valence-corrected chi connectivity index (χ3v) is 3.30. The predicted molar refractivity (Wildman–Crippen MR) is 80.9 cm³/mol. The summed E-state index contributed by atoms with van der Waals surface area (Å²) in [7, 11) is 0. The van der Waals surface area contributed by atoms with E-state index in [0.717, 1.165) is 12.4 Å². The molecule has 0 N–H and O–H groups in total. The van der Waals surface area contributed by atoms with Gasteiger partial charge in [0.2, 0.25) is 0 Å². The Morgan fingerprint density at radius 1 is 0.895 bits per heavy atom. The molecule has 19 heavy (non-hydrogen) atoms. The summed E-state index contributed by atoms with van der Waals surface area (Å²) in [6.45, 7) is 3.04. The van der Waals surface area contributed by atoms with Crippen molar-refractivity contribution >= 4 is 22.3 Å². The van der Waals surface area contributed by atoms with Crippen molar-refractivity contribution in [2.24, 2.45) is 0 Å². The Bertz CT molecular complexity index is 672. The van der Waals surface area contributed by atoms with Crippen LogP contribution in [0.5, 0.6) is 0 Å². The van der Waals surface area contributed by atoms with Crippen LogP contribution in [0.4, 0.5) is 11.5 Å². The van der Waals surface area contributed by atoms with Gasteiger partial charge in [-0.25, -0.2) is 4.98 Å². The van der Waals surface area contributed by atoms with E-state index < -0.39 is 0 Å². The number of aromatic nitrogens is 1. The van der Waals surface area contributed by atoms with Crippen molar-refractivity contribution in [3.8, 4) is 0 Å². The van der Waals surface area contributed by atoms with Crippen molar-refractivity contribution in [3.05, 3.63) is 66.9 Å². The molecule has 0 aliphatic heterocycles. The Kier molecular flexibility index (Phi) is 3.15. The number of hydrogen-bond acceptors (Lipinski definition) is 2. The van der Waals surface area contributed by atoms with E-state index in [0.29, 0.717) is 0 Å². The highest BCUT2D eigenvalue weighted by Gasteiger charge is 2.10. The summed E-state index contributed by atoms with van der Waals surface area (Å²) in [6, 6.07) is 20.9. The van der Waals surface area contributed by atoms with E-state index in [1.165, 1.54) is 16.5 Å². The van der Waals surface area contributed by atoms with Crippen LogP contribution in [0.3, 0.4) is 0 Å². The topological polar surface area (TPSA) is 16.1 Å². The maximum absolute atomic E-state index is 4.46. The molecule has 0 saturated carbocycles. The van der Waals surface area contributed by atoms with Crippen LogP contribution in [-0.4, -0.2) is 11.5 Å². The number of benzene rings is 2. The normalized spacial score (nSPS) is 10.6. The highest BCUT2D eigenvalue weighted by Crippen LogP contribution is 2.30. The summed E-state index contributed by atoms with van der Waals surface area (Å²) >= 11 is 0. The molecular weight excluding hydrogens is 232 g/mol. The molecule has 0 atom stereocenters. The van der Waals surface area contributed by atoms with Gasteiger partial charge < -0.3 is 4.90 Å². The average molecular weight is 248 g/mol. The molecule has 0 aliphatic rings. The fourth-order valence-electron chi connectivity index (χ4n) is 2.41. The van der Waals surface area contributed by atoms with Crippen LogP contribution in [0, 0.1) is 0 Å². The first-order valence-electron chi connectivity index (χ1n) is 6.56. The van der Waals surface area contributed by atoms with Gasteiger partial charge in [0.05, 0.1) is 5.69 Å². The van der Waals surface area contributed by atoms with Gasteiger partial charge >= 0.3 is 0 Å². The van der Waals surface area contributed by atoms with Gasteiger partial charge in [0.15, 0.2) is 0 Å². The zero-order chi connectivity index (χ0) is 13.1. The molecule has 94 valence electrons. The lowest BCUT2D eigenvalue weighted by atomic mass is 10.1. The highest BCUT2D eigenvalue weighted by atomic mass is 15.2. The average Bonchev–Trinajstić information content (AvgIpc) is 2.49. The summed E-state index contributed by atoms with van der Waals surface area (Å²) in [4.78, 5) is 6.70. The molecule has 0 unspecified atom stereocenters. The lowest BCUT2D eigenvalue weighted by molar-refractivity contribution is 0.995. The molecule has 2 heteroatoms. The number of pyridine rings is 1. The first-order chi connectivity index (χ1) is 9.40. The zero-order valence-electron chi connectivity index (χ0n) is 11.0. The monoisotopic (exact) mass is 248 g/mol. The molecule has 1 aromatic heterocycles. The van der Waals surface area contributed by atoms with E-state index in [9.17, 15) is 0 Å². The smallest absolute Gasteiger partial charge is 0.132 e. The molecule has 0 fully saturated rings. The Hall–Kier alpha value is -2.35. The molecule has 0 saturated heterocycles. The minimum absolute atomic E-state index is 0.894. The second-order valence-electron chi connectivity index (χ2n) is 4.43. The number of nitrogens with zero attached hydrogens (tertiary/aromatic N) is 2. The van der Waals surface area contributed by atoms with Crippen molar-refractivity contribution in [2.45, 2.75) is 6.92 Å². The Balaban J connectivity index is 2.17. The van der Waals surface area contributed by atoms with Crippen molar-refractivity contribution in [1.82, 2.24) is 4.98 Å². The van der Waals surface area contributed by atoms with Gasteiger partial charge in [-0.05, 0) is 30.5 Å². The number of rotatable bonds is 3. The summed E-state index contributed by atoms with van der Waals surface area (Å²) < 4.78 is 0. The molecule has 2 nitrogen and oxygen atoms in total. The SMILES string of the molecule is CCN(c1ccccn1)c1cccc2ccccc12. The van der Waals surface area contributed by atoms with E-state index in [-0.39, 0.29) is 0 Å². The molecule has 0 amide bonds. The summed E-state index contributed by atoms with van der Waals surface area (Å²) in [5, 5.41) is 2.52. The van der Waals surface area contributed by atoms with Gasteiger partial charge in [-0.2, -0.15) is 0 Å². The highest BCUT2D eigenvalue weighted by molar-refractivity contribution is 5.95. The molecule has 0 aliphatic carbocycles. The van der Waals surface area contributed by atoms with Crippen molar-refractivity contribution < 1.29 is 0 Å². The summed E-state index contributed by atoms with van der Waals surface area (Å²) in [6.07, 6.45) is 1.84. The van der Waals surface area contributed by atoms with E-state index >= 15 is 0 Å². The van der Waals surface area contributed by atoms with Gasteiger partial charge in [-0.15, -0.1) is 0 Å². The first kappa shape index (κ1) is 11.7. The van der Waals surface area contributed by atoms with Crippen molar-refractivity contribution in [1.29, 1.82) is 0 Å². The first-order valence-corrected chi connectivity index (χ1v) is 6.56. The van der Waals surface area contributed by atoms with Gasteiger partial charge in [0.1, 0.15) is 5.82 Å². The van der Waals surface area contributed by atoms with Gasteiger partial charge in [0, 0.05) is 18.1 Å². The largest absolute Gasteiger partial charge is 0.326 e. The molecule has 0 radical (unpaired) electrons. The number of hydrogen-bond donors (Lipinski definition) is 0. The quantitative estimate of drug-likeness (QED) is 0.683. The Morgan fingerprint density at radius 2 is 1.68 bits per heavy atom. The van der Waals surface area contributed by atoms with Crippen LogP contribution in [0.15, 0.2) is 66.9 Å².